The van der Waals surface area contributed by atoms with E-state index in [-0.39, 0.29) is 17.9 Å². The average molecular weight is 271 g/mol. The second-order valence-electron chi connectivity index (χ2n) is 4.70. The molecular formula is C13H21NO5. The van der Waals surface area contributed by atoms with E-state index in [2.05, 4.69) is 5.16 Å². The molecular weight excluding hydrogens is 250 g/mol. The molecule has 0 saturated heterocycles. The second-order valence-corrected chi connectivity index (χ2v) is 4.70. The van der Waals surface area contributed by atoms with Crippen molar-refractivity contribution in [1.29, 1.82) is 0 Å². The number of hydrogen-bond donors (Lipinski definition) is 1. The van der Waals surface area contributed by atoms with Gasteiger partial charge in [-0.25, -0.2) is 0 Å². The van der Waals surface area contributed by atoms with Crippen molar-refractivity contribution in [1.82, 2.24) is 5.16 Å². The van der Waals surface area contributed by atoms with Crippen molar-refractivity contribution in [2.75, 3.05) is 13.2 Å². The summed E-state index contributed by atoms with van der Waals surface area (Å²) >= 11 is 0. The Balaban J connectivity index is 2.63. The van der Waals surface area contributed by atoms with Crippen LogP contribution >= 0.6 is 0 Å². The van der Waals surface area contributed by atoms with Crippen molar-refractivity contribution >= 4 is 5.97 Å². The van der Waals surface area contributed by atoms with E-state index in [1.54, 1.807) is 0 Å². The van der Waals surface area contributed by atoms with Gasteiger partial charge in [0.15, 0.2) is 5.76 Å². The maximum absolute atomic E-state index is 11.2. The van der Waals surface area contributed by atoms with Crippen molar-refractivity contribution < 1.29 is 23.9 Å². The Morgan fingerprint density at radius 2 is 2.16 bits per heavy atom. The lowest BCUT2D eigenvalue weighted by molar-refractivity contribution is -0.140. The minimum absolute atomic E-state index is 0.0504. The molecule has 0 aromatic carbocycles. The fraction of sp³-hybridized carbons (Fsp3) is 0.692. The highest BCUT2D eigenvalue weighted by molar-refractivity contribution is 5.75. The zero-order valence-electron chi connectivity index (χ0n) is 11.8. The number of hydrogen-bond acceptors (Lipinski definition) is 5. The third-order valence-corrected chi connectivity index (χ3v) is 2.66. The van der Waals surface area contributed by atoms with E-state index in [0.29, 0.717) is 19.0 Å². The van der Waals surface area contributed by atoms with Gasteiger partial charge in [0.05, 0.1) is 6.10 Å². The van der Waals surface area contributed by atoms with Gasteiger partial charge in [-0.05, 0) is 24.9 Å². The van der Waals surface area contributed by atoms with E-state index in [0.717, 1.165) is 0 Å². The third-order valence-electron chi connectivity index (χ3n) is 2.66. The summed E-state index contributed by atoms with van der Waals surface area (Å²) in [6, 6.07) is 1.53. The lowest BCUT2D eigenvalue weighted by atomic mass is 9.94. The minimum Gasteiger partial charge on any atom is -0.481 e. The molecule has 2 atom stereocenters. The zero-order valence-corrected chi connectivity index (χ0v) is 11.8. The Kier molecular flexibility index (Phi) is 5.82. The molecule has 1 heterocycles. The molecule has 0 fully saturated rings. The Morgan fingerprint density at radius 3 is 2.68 bits per heavy atom. The molecule has 1 N–H and O–H groups in total. The van der Waals surface area contributed by atoms with Crippen LogP contribution < -0.4 is 4.74 Å². The highest BCUT2D eigenvalue weighted by Gasteiger charge is 2.28. The van der Waals surface area contributed by atoms with Crippen molar-refractivity contribution in [3.63, 3.8) is 0 Å². The predicted molar refractivity (Wildman–Crippen MR) is 68.3 cm³/mol. The topological polar surface area (TPSA) is 81.8 Å². The zero-order chi connectivity index (χ0) is 14.4. The van der Waals surface area contributed by atoms with Crippen LogP contribution in [0.2, 0.25) is 0 Å². The molecule has 0 aliphatic carbocycles. The molecule has 0 amide bonds. The van der Waals surface area contributed by atoms with Crippen LogP contribution in [0.15, 0.2) is 10.6 Å². The van der Waals surface area contributed by atoms with Gasteiger partial charge < -0.3 is 19.1 Å². The summed E-state index contributed by atoms with van der Waals surface area (Å²) in [6.07, 6.45) is -0.0504. The highest BCUT2D eigenvalue weighted by Crippen LogP contribution is 2.27. The highest BCUT2D eigenvalue weighted by atomic mass is 16.6. The molecule has 0 bridgehead atoms. The number of rotatable bonds is 8. The first-order valence-electron chi connectivity index (χ1n) is 6.39. The van der Waals surface area contributed by atoms with E-state index in [4.69, 9.17) is 19.1 Å². The maximum atomic E-state index is 11.2. The van der Waals surface area contributed by atoms with Crippen LogP contribution in [0, 0.1) is 5.92 Å². The molecule has 0 aliphatic rings. The standard InChI is InChI=1S/C13H21NO5/c1-5-17-9(4)7-18-11-6-10(19-14-11)12(8(2)3)13(15)16/h6,8-9,12H,5,7H2,1-4H3,(H,15,16). The van der Waals surface area contributed by atoms with Crippen molar-refractivity contribution in [2.24, 2.45) is 5.92 Å². The normalized spacial score (nSPS) is 14.4. The summed E-state index contributed by atoms with van der Waals surface area (Å²) in [5, 5.41) is 12.9. The van der Waals surface area contributed by atoms with Crippen molar-refractivity contribution in [3.05, 3.63) is 11.8 Å². The summed E-state index contributed by atoms with van der Waals surface area (Å²) in [4.78, 5) is 11.2. The molecule has 0 radical (unpaired) electrons. The predicted octanol–water partition coefficient (Wildman–Crippen LogP) is 2.30. The summed E-state index contributed by atoms with van der Waals surface area (Å²) in [5.41, 5.74) is 0. The lowest BCUT2D eigenvalue weighted by Crippen LogP contribution is -2.18. The van der Waals surface area contributed by atoms with Crippen LogP contribution in [0.25, 0.3) is 0 Å². The molecule has 1 aromatic rings. The number of aromatic nitrogens is 1. The van der Waals surface area contributed by atoms with Crippen LogP contribution in [0.5, 0.6) is 5.88 Å². The molecule has 2 unspecified atom stereocenters. The molecule has 0 aliphatic heterocycles. The Hall–Kier alpha value is -1.56. The van der Waals surface area contributed by atoms with E-state index < -0.39 is 11.9 Å². The van der Waals surface area contributed by atoms with Gasteiger partial charge in [-0.1, -0.05) is 13.8 Å². The maximum Gasteiger partial charge on any atom is 0.314 e. The average Bonchev–Trinajstić information content (AvgIpc) is 2.74. The van der Waals surface area contributed by atoms with Crippen LogP contribution in [0.4, 0.5) is 0 Å². The first kappa shape index (κ1) is 15.5. The van der Waals surface area contributed by atoms with E-state index in [1.807, 2.05) is 27.7 Å². The SMILES string of the molecule is CCOC(C)COc1cc(C(C(=O)O)C(C)C)on1. The number of aliphatic carboxylic acids is 1. The molecule has 108 valence electrons. The molecule has 6 nitrogen and oxygen atoms in total. The van der Waals surface area contributed by atoms with Crippen molar-refractivity contribution in [3.8, 4) is 5.88 Å². The molecule has 6 heteroatoms. The largest absolute Gasteiger partial charge is 0.481 e. The Bertz CT molecular complexity index is 401. The van der Waals surface area contributed by atoms with Crippen LogP contribution in [-0.2, 0) is 9.53 Å². The van der Waals surface area contributed by atoms with E-state index >= 15 is 0 Å². The van der Waals surface area contributed by atoms with Gasteiger partial charge in [0.1, 0.15) is 12.5 Å². The molecule has 0 saturated carbocycles. The van der Waals surface area contributed by atoms with Gasteiger partial charge in [0.25, 0.3) is 5.88 Å². The molecule has 19 heavy (non-hydrogen) atoms. The number of nitrogens with zero attached hydrogens (tertiary/aromatic N) is 1. The van der Waals surface area contributed by atoms with Gasteiger partial charge >= 0.3 is 5.97 Å². The quantitative estimate of drug-likeness (QED) is 0.781. The van der Waals surface area contributed by atoms with E-state index in [9.17, 15) is 4.79 Å². The number of carboxylic acids is 1. The van der Waals surface area contributed by atoms with Gasteiger partial charge in [0.2, 0.25) is 0 Å². The first-order chi connectivity index (χ1) is 8.95. The van der Waals surface area contributed by atoms with Crippen LogP contribution in [0.1, 0.15) is 39.4 Å². The van der Waals surface area contributed by atoms with Gasteiger partial charge in [0, 0.05) is 12.7 Å². The summed E-state index contributed by atoms with van der Waals surface area (Å²) in [6.45, 7) is 8.39. The fourth-order valence-corrected chi connectivity index (χ4v) is 1.76. The fourth-order valence-electron chi connectivity index (χ4n) is 1.76. The first-order valence-corrected chi connectivity index (χ1v) is 6.39. The van der Waals surface area contributed by atoms with Gasteiger partial charge in [-0.15, -0.1) is 0 Å². The van der Waals surface area contributed by atoms with Gasteiger partial charge in [-0.3, -0.25) is 4.79 Å². The Morgan fingerprint density at radius 1 is 1.47 bits per heavy atom. The lowest BCUT2D eigenvalue weighted by Gasteiger charge is -2.12. The molecule has 1 aromatic heterocycles. The van der Waals surface area contributed by atoms with Crippen molar-refractivity contribution in [2.45, 2.75) is 39.7 Å². The second kappa shape index (κ2) is 7.13. The van der Waals surface area contributed by atoms with E-state index in [1.165, 1.54) is 6.07 Å². The molecule has 1 rings (SSSR count). The third kappa shape index (κ3) is 4.55. The summed E-state index contributed by atoms with van der Waals surface area (Å²) in [7, 11) is 0. The monoisotopic (exact) mass is 271 g/mol. The minimum atomic E-state index is -0.930. The number of ether oxygens (including phenoxy) is 2. The summed E-state index contributed by atoms with van der Waals surface area (Å²) in [5.74, 6) is -1.13. The van der Waals surface area contributed by atoms with Crippen LogP contribution in [-0.4, -0.2) is 35.6 Å². The van der Waals surface area contributed by atoms with Gasteiger partial charge in [-0.2, -0.15) is 0 Å². The number of carboxylic acid groups (broad SMARTS) is 1. The number of carbonyl (C=O) groups is 1. The Labute approximate surface area is 112 Å². The molecule has 0 spiro atoms. The smallest absolute Gasteiger partial charge is 0.314 e. The summed E-state index contributed by atoms with van der Waals surface area (Å²) < 4.78 is 15.7. The van der Waals surface area contributed by atoms with Crippen LogP contribution in [0.3, 0.4) is 0 Å².